The molecule has 0 aromatic heterocycles. The SMILES string of the molecule is CC(=O)OC(C)(CCC#N)c1ccccc1. The molecule has 1 aromatic rings. The lowest BCUT2D eigenvalue weighted by Gasteiger charge is -2.28. The first-order valence-electron chi connectivity index (χ1n) is 5.20. The molecule has 1 atom stereocenters. The molecular weight excluding hydrogens is 202 g/mol. The second kappa shape index (κ2) is 5.32. The number of nitrogens with zero attached hydrogens (tertiary/aromatic N) is 1. The standard InChI is InChI=1S/C13H15NO2/c1-11(15)16-13(2,9-6-10-14)12-7-4-3-5-8-12/h3-5,7-8H,6,9H2,1-2H3. The van der Waals surface area contributed by atoms with Gasteiger partial charge in [-0.2, -0.15) is 5.26 Å². The Balaban J connectivity index is 2.95. The van der Waals surface area contributed by atoms with Crippen LogP contribution in [0.15, 0.2) is 30.3 Å². The summed E-state index contributed by atoms with van der Waals surface area (Å²) >= 11 is 0. The third-order valence-electron chi connectivity index (χ3n) is 2.47. The van der Waals surface area contributed by atoms with Gasteiger partial charge in [0.1, 0.15) is 5.60 Å². The summed E-state index contributed by atoms with van der Waals surface area (Å²) in [6.45, 7) is 3.22. The summed E-state index contributed by atoms with van der Waals surface area (Å²) in [5.41, 5.74) is 0.212. The van der Waals surface area contributed by atoms with Crippen LogP contribution in [0.2, 0.25) is 0 Å². The Morgan fingerprint density at radius 2 is 2.06 bits per heavy atom. The molecule has 3 heteroatoms. The van der Waals surface area contributed by atoms with Crippen molar-refractivity contribution >= 4 is 5.97 Å². The highest BCUT2D eigenvalue weighted by Crippen LogP contribution is 2.30. The van der Waals surface area contributed by atoms with Crippen molar-refractivity contribution in [2.45, 2.75) is 32.3 Å². The van der Waals surface area contributed by atoms with Gasteiger partial charge in [0.15, 0.2) is 0 Å². The van der Waals surface area contributed by atoms with E-state index in [1.165, 1.54) is 6.92 Å². The fraction of sp³-hybridized carbons (Fsp3) is 0.385. The van der Waals surface area contributed by atoms with Crippen LogP contribution in [-0.4, -0.2) is 5.97 Å². The van der Waals surface area contributed by atoms with E-state index >= 15 is 0 Å². The molecule has 0 saturated heterocycles. The molecule has 16 heavy (non-hydrogen) atoms. The van der Waals surface area contributed by atoms with Crippen LogP contribution < -0.4 is 0 Å². The minimum atomic E-state index is -0.706. The van der Waals surface area contributed by atoms with Gasteiger partial charge >= 0.3 is 5.97 Å². The predicted molar refractivity (Wildman–Crippen MR) is 60.4 cm³/mol. The second-order valence-electron chi connectivity index (χ2n) is 3.85. The molecule has 1 rings (SSSR count). The molecule has 0 bridgehead atoms. The third kappa shape index (κ3) is 3.09. The van der Waals surface area contributed by atoms with Crippen LogP contribution in [-0.2, 0) is 15.1 Å². The Hall–Kier alpha value is -1.82. The molecule has 0 amide bonds. The zero-order valence-electron chi connectivity index (χ0n) is 9.56. The van der Waals surface area contributed by atoms with E-state index in [1.54, 1.807) is 0 Å². The maximum absolute atomic E-state index is 11.1. The van der Waals surface area contributed by atoms with Crippen molar-refractivity contribution in [3.63, 3.8) is 0 Å². The average molecular weight is 217 g/mol. The number of carbonyl (C=O) groups excluding carboxylic acids is 1. The van der Waals surface area contributed by atoms with Gasteiger partial charge in [-0.1, -0.05) is 30.3 Å². The molecule has 0 saturated carbocycles. The van der Waals surface area contributed by atoms with Crippen LogP contribution >= 0.6 is 0 Å². The topological polar surface area (TPSA) is 50.1 Å². The van der Waals surface area contributed by atoms with Crippen LogP contribution in [0.1, 0.15) is 32.3 Å². The van der Waals surface area contributed by atoms with E-state index in [-0.39, 0.29) is 5.97 Å². The van der Waals surface area contributed by atoms with Crippen molar-refractivity contribution in [3.8, 4) is 6.07 Å². The first-order chi connectivity index (χ1) is 7.58. The molecule has 0 N–H and O–H groups in total. The van der Waals surface area contributed by atoms with E-state index in [4.69, 9.17) is 10.00 Å². The molecule has 0 fully saturated rings. The summed E-state index contributed by atoms with van der Waals surface area (Å²) in [4.78, 5) is 11.1. The number of carbonyl (C=O) groups is 1. The molecule has 0 heterocycles. The van der Waals surface area contributed by atoms with Gasteiger partial charge in [0.05, 0.1) is 6.07 Å². The smallest absolute Gasteiger partial charge is 0.303 e. The number of rotatable bonds is 4. The molecule has 0 aliphatic heterocycles. The molecule has 0 aliphatic carbocycles. The summed E-state index contributed by atoms with van der Waals surface area (Å²) < 4.78 is 5.34. The van der Waals surface area contributed by atoms with Gasteiger partial charge in [0.25, 0.3) is 0 Å². The fourth-order valence-electron chi connectivity index (χ4n) is 1.66. The van der Waals surface area contributed by atoms with Crippen molar-refractivity contribution in [2.24, 2.45) is 0 Å². The minimum Gasteiger partial charge on any atom is -0.455 e. The molecule has 0 spiro atoms. The number of benzene rings is 1. The Morgan fingerprint density at radius 1 is 1.44 bits per heavy atom. The molecule has 84 valence electrons. The van der Waals surface area contributed by atoms with Gasteiger partial charge in [0, 0.05) is 19.8 Å². The first kappa shape index (κ1) is 12.3. The van der Waals surface area contributed by atoms with Crippen LogP contribution in [0.4, 0.5) is 0 Å². The zero-order valence-corrected chi connectivity index (χ0v) is 9.56. The maximum Gasteiger partial charge on any atom is 0.303 e. The Bertz CT molecular complexity index is 394. The Morgan fingerprint density at radius 3 is 2.56 bits per heavy atom. The Labute approximate surface area is 95.7 Å². The lowest BCUT2D eigenvalue weighted by Crippen LogP contribution is -2.28. The van der Waals surface area contributed by atoms with Gasteiger partial charge in [-0.25, -0.2) is 0 Å². The highest BCUT2D eigenvalue weighted by atomic mass is 16.6. The van der Waals surface area contributed by atoms with Crippen LogP contribution in [0.25, 0.3) is 0 Å². The number of hydrogen-bond acceptors (Lipinski definition) is 3. The van der Waals surface area contributed by atoms with Crippen molar-refractivity contribution < 1.29 is 9.53 Å². The molecule has 0 aliphatic rings. The quantitative estimate of drug-likeness (QED) is 0.728. The van der Waals surface area contributed by atoms with Crippen molar-refractivity contribution in [1.82, 2.24) is 0 Å². The zero-order chi connectivity index (χ0) is 12.0. The number of esters is 1. The Kier molecular flexibility index (Phi) is 4.07. The molecule has 3 nitrogen and oxygen atoms in total. The average Bonchev–Trinajstić information content (AvgIpc) is 2.27. The summed E-state index contributed by atoms with van der Waals surface area (Å²) in [6.07, 6.45) is 0.867. The lowest BCUT2D eigenvalue weighted by molar-refractivity contribution is -0.157. The highest BCUT2D eigenvalue weighted by molar-refractivity contribution is 5.66. The maximum atomic E-state index is 11.1. The molecule has 1 aromatic carbocycles. The predicted octanol–water partition coefficient (Wildman–Crippen LogP) is 2.77. The van der Waals surface area contributed by atoms with Gasteiger partial charge in [-0.05, 0) is 12.5 Å². The number of nitriles is 1. The normalized spacial score (nSPS) is 13.6. The van der Waals surface area contributed by atoms with Crippen LogP contribution in [0.3, 0.4) is 0 Å². The van der Waals surface area contributed by atoms with Gasteiger partial charge in [0.2, 0.25) is 0 Å². The fourth-order valence-corrected chi connectivity index (χ4v) is 1.66. The monoisotopic (exact) mass is 217 g/mol. The van der Waals surface area contributed by atoms with Crippen LogP contribution in [0, 0.1) is 11.3 Å². The van der Waals surface area contributed by atoms with Gasteiger partial charge < -0.3 is 4.74 Å². The largest absolute Gasteiger partial charge is 0.455 e. The van der Waals surface area contributed by atoms with Gasteiger partial charge in [-0.3, -0.25) is 4.79 Å². The van der Waals surface area contributed by atoms with Crippen molar-refractivity contribution in [2.75, 3.05) is 0 Å². The van der Waals surface area contributed by atoms with E-state index in [9.17, 15) is 4.79 Å². The van der Waals surface area contributed by atoms with E-state index < -0.39 is 5.60 Å². The highest BCUT2D eigenvalue weighted by Gasteiger charge is 2.29. The third-order valence-corrected chi connectivity index (χ3v) is 2.47. The van der Waals surface area contributed by atoms with E-state index in [2.05, 4.69) is 6.07 Å². The number of ether oxygens (including phenoxy) is 1. The van der Waals surface area contributed by atoms with E-state index in [1.807, 2.05) is 37.3 Å². The van der Waals surface area contributed by atoms with E-state index in [0.717, 1.165) is 5.56 Å². The first-order valence-corrected chi connectivity index (χ1v) is 5.20. The van der Waals surface area contributed by atoms with Crippen LogP contribution in [0.5, 0.6) is 0 Å². The summed E-state index contributed by atoms with van der Waals surface area (Å²) in [5.74, 6) is -0.329. The summed E-state index contributed by atoms with van der Waals surface area (Å²) in [6, 6.07) is 11.6. The van der Waals surface area contributed by atoms with E-state index in [0.29, 0.717) is 12.8 Å². The van der Waals surface area contributed by atoms with Crippen molar-refractivity contribution in [3.05, 3.63) is 35.9 Å². The molecular formula is C13H15NO2. The second-order valence-corrected chi connectivity index (χ2v) is 3.85. The lowest BCUT2D eigenvalue weighted by atomic mass is 9.91. The van der Waals surface area contributed by atoms with Gasteiger partial charge in [-0.15, -0.1) is 0 Å². The minimum absolute atomic E-state index is 0.329. The number of hydrogen-bond donors (Lipinski definition) is 0. The molecule has 1 unspecified atom stereocenters. The summed E-state index contributed by atoms with van der Waals surface area (Å²) in [5, 5.41) is 8.62. The summed E-state index contributed by atoms with van der Waals surface area (Å²) in [7, 11) is 0. The molecule has 0 radical (unpaired) electrons. The van der Waals surface area contributed by atoms with Crippen molar-refractivity contribution in [1.29, 1.82) is 5.26 Å².